The van der Waals surface area contributed by atoms with Crippen molar-refractivity contribution in [2.75, 3.05) is 12.3 Å². The van der Waals surface area contributed by atoms with E-state index in [2.05, 4.69) is 60.2 Å². The number of H-pyrrole nitrogens is 1. The van der Waals surface area contributed by atoms with Crippen molar-refractivity contribution in [3.8, 4) is 11.3 Å². The van der Waals surface area contributed by atoms with Gasteiger partial charge in [-0.15, -0.1) is 0 Å². The third kappa shape index (κ3) is 5.16. The Morgan fingerprint density at radius 3 is 2.51 bits per heavy atom. The summed E-state index contributed by atoms with van der Waals surface area (Å²) in [6.07, 6.45) is 6.74. The van der Waals surface area contributed by atoms with Gasteiger partial charge in [0.15, 0.2) is 5.65 Å². The molecule has 0 spiro atoms. The lowest BCUT2D eigenvalue weighted by Crippen LogP contribution is -2.38. The molecule has 4 aromatic rings. The topological polar surface area (TPSA) is 105 Å². The van der Waals surface area contributed by atoms with Crippen LogP contribution in [-0.4, -0.2) is 56.8 Å². The minimum atomic E-state index is -5.20. The van der Waals surface area contributed by atoms with E-state index >= 15 is 0 Å². The van der Waals surface area contributed by atoms with Crippen LogP contribution >= 0.6 is 0 Å². The Morgan fingerprint density at radius 2 is 1.85 bits per heavy atom. The lowest BCUT2D eigenvalue weighted by atomic mass is 9.83. The van der Waals surface area contributed by atoms with E-state index in [1.54, 1.807) is 10.8 Å². The smallest absolute Gasteiger partial charge is 0.353 e. The summed E-state index contributed by atoms with van der Waals surface area (Å²) in [4.78, 5) is 13.1. The monoisotopic (exact) mass is 562 g/mol. The van der Waals surface area contributed by atoms with Crippen LogP contribution in [0.2, 0.25) is 0 Å². The first-order valence-electron chi connectivity index (χ1n) is 13.2. The molecule has 1 aliphatic rings. The van der Waals surface area contributed by atoms with Gasteiger partial charge in [0.2, 0.25) is 9.84 Å². The van der Waals surface area contributed by atoms with Crippen LogP contribution < -0.4 is 5.32 Å². The number of nitrogens with zero attached hydrogens (tertiary/aromatic N) is 4. The number of aromatic amines is 1. The standard InChI is InChI=1S/C27H33F3N6O2S/c1-15(2)23-24(20-13-36-26(32-14-33-36)17(4)16(20)3)35-22-10-9-21(34-25(22)23)18-5-7-19(8-6-18)31-11-12-39(37,38)27(28,29)30/h9-10,13-15,18-19,31,35H,5-8,11-12H2,1-4H3. The fourth-order valence-electron chi connectivity index (χ4n) is 5.66. The maximum absolute atomic E-state index is 12.6. The first-order valence-corrected chi connectivity index (χ1v) is 14.9. The molecule has 1 aliphatic carbocycles. The average Bonchev–Trinajstić information content (AvgIpc) is 3.50. The van der Waals surface area contributed by atoms with E-state index in [9.17, 15) is 21.6 Å². The van der Waals surface area contributed by atoms with Crippen molar-refractivity contribution >= 4 is 26.5 Å². The third-order valence-electron chi connectivity index (χ3n) is 7.98. The molecular weight excluding hydrogens is 529 g/mol. The highest BCUT2D eigenvalue weighted by Gasteiger charge is 2.44. The van der Waals surface area contributed by atoms with Crippen molar-refractivity contribution in [2.45, 2.75) is 76.8 Å². The van der Waals surface area contributed by atoms with Gasteiger partial charge in [0, 0.05) is 41.5 Å². The molecule has 4 aromatic heterocycles. The van der Waals surface area contributed by atoms with E-state index in [0.717, 1.165) is 76.0 Å². The first kappa shape index (κ1) is 27.6. The van der Waals surface area contributed by atoms with E-state index in [0.29, 0.717) is 0 Å². The molecule has 0 atom stereocenters. The van der Waals surface area contributed by atoms with Crippen LogP contribution in [0, 0.1) is 13.8 Å². The second-order valence-corrected chi connectivity index (χ2v) is 12.9. The number of aryl methyl sites for hydroxylation is 1. The van der Waals surface area contributed by atoms with Gasteiger partial charge in [-0.2, -0.15) is 18.3 Å². The van der Waals surface area contributed by atoms with Gasteiger partial charge < -0.3 is 10.3 Å². The van der Waals surface area contributed by atoms with Gasteiger partial charge in [-0.05, 0) is 68.7 Å². The molecule has 0 bridgehead atoms. The Kier molecular flexibility index (Phi) is 7.21. The molecule has 2 N–H and O–H groups in total. The SMILES string of the molecule is Cc1c(-c2[nH]c3ccc(C4CCC(NCCS(=O)(=O)C(F)(F)F)CC4)nc3c2C(C)C)cn2ncnc2c1C. The van der Waals surface area contributed by atoms with Crippen LogP contribution in [0.1, 0.15) is 73.8 Å². The van der Waals surface area contributed by atoms with Crippen LogP contribution in [0.3, 0.4) is 0 Å². The summed E-state index contributed by atoms with van der Waals surface area (Å²) in [5.74, 6) is -0.485. The minimum Gasteiger partial charge on any atom is -0.353 e. The second kappa shape index (κ2) is 10.2. The van der Waals surface area contributed by atoms with Crippen LogP contribution in [0.5, 0.6) is 0 Å². The van der Waals surface area contributed by atoms with E-state index in [4.69, 9.17) is 4.98 Å². The highest BCUT2D eigenvalue weighted by Crippen LogP contribution is 2.39. The normalized spacial score (nSPS) is 19.0. The highest BCUT2D eigenvalue weighted by atomic mass is 32.2. The number of pyridine rings is 2. The Morgan fingerprint density at radius 1 is 1.13 bits per heavy atom. The molecule has 8 nitrogen and oxygen atoms in total. The predicted octanol–water partition coefficient (Wildman–Crippen LogP) is 5.56. The summed E-state index contributed by atoms with van der Waals surface area (Å²) in [6.45, 7) is 8.26. The molecule has 1 fully saturated rings. The molecule has 0 saturated heterocycles. The molecule has 12 heteroatoms. The Hall–Kier alpha value is -2.99. The summed E-state index contributed by atoms with van der Waals surface area (Å²) in [7, 11) is -5.10. The number of alkyl halides is 3. The van der Waals surface area contributed by atoms with Crippen LogP contribution in [-0.2, 0) is 9.84 Å². The van der Waals surface area contributed by atoms with Gasteiger partial charge in [0.1, 0.15) is 6.33 Å². The lowest BCUT2D eigenvalue weighted by Gasteiger charge is -2.29. The quantitative estimate of drug-likeness (QED) is 0.306. The van der Waals surface area contributed by atoms with Gasteiger partial charge >= 0.3 is 5.51 Å². The summed E-state index contributed by atoms with van der Waals surface area (Å²) in [5.41, 5.74) is 4.02. The van der Waals surface area contributed by atoms with Crippen molar-refractivity contribution in [1.29, 1.82) is 0 Å². The number of aromatic nitrogens is 5. The number of sulfone groups is 1. The number of hydrogen-bond acceptors (Lipinski definition) is 6. The summed E-state index contributed by atoms with van der Waals surface area (Å²) < 4.78 is 62.1. The maximum atomic E-state index is 12.6. The fourth-order valence-corrected chi connectivity index (χ4v) is 6.28. The molecule has 5 rings (SSSR count). The molecule has 4 heterocycles. The fraction of sp³-hybridized carbons (Fsp3) is 0.519. The molecule has 0 amide bonds. The average molecular weight is 563 g/mol. The zero-order chi connectivity index (χ0) is 28.1. The number of nitrogens with one attached hydrogen (secondary N) is 2. The van der Waals surface area contributed by atoms with Gasteiger partial charge in [-0.1, -0.05) is 13.8 Å². The summed E-state index contributed by atoms with van der Waals surface area (Å²) >= 11 is 0. The molecule has 0 radical (unpaired) electrons. The van der Waals surface area contributed by atoms with Gasteiger partial charge in [0.25, 0.3) is 0 Å². The highest BCUT2D eigenvalue weighted by molar-refractivity contribution is 7.92. The zero-order valence-corrected chi connectivity index (χ0v) is 23.2. The zero-order valence-electron chi connectivity index (χ0n) is 22.4. The number of fused-ring (bicyclic) bond motifs is 2. The van der Waals surface area contributed by atoms with Crippen molar-refractivity contribution in [3.05, 3.63) is 47.0 Å². The van der Waals surface area contributed by atoms with E-state index in [1.165, 1.54) is 0 Å². The minimum absolute atomic E-state index is 0.00332. The molecule has 39 heavy (non-hydrogen) atoms. The van der Waals surface area contributed by atoms with E-state index in [1.807, 2.05) is 6.20 Å². The van der Waals surface area contributed by atoms with Crippen molar-refractivity contribution in [2.24, 2.45) is 0 Å². The molecule has 1 saturated carbocycles. The maximum Gasteiger partial charge on any atom is 0.497 e. The van der Waals surface area contributed by atoms with E-state index in [-0.39, 0.29) is 24.4 Å². The summed E-state index contributed by atoms with van der Waals surface area (Å²) in [6, 6.07) is 4.13. The number of rotatable bonds is 7. The van der Waals surface area contributed by atoms with E-state index < -0.39 is 21.1 Å². The van der Waals surface area contributed by atoms with Crippen LogP contribution in [0.4, 0.5) is 13.2 Å². The Labute approximate surface area is 225 Å². The molecule has 0 aromatic carbocycles. The number of halogens is 3. The van der Waals surface area contributed by atoms with Gasteiger partial charge in [-0.25, -0.2) is 17.9 Å². The van der Waals surface area contributed by atoms with Gasteiger partial charge in [-0.3, -0.25) is 4.98 Å². The molecule has 210 valence electrons. The van der Waals surface area contributed by atoms with Crippen molar-refractivity contribution < 1.29 is 21.6 Å². The van der Waals surface area contributed by atoms with Crippen LogP contribution in [0.25, 0.3) is 27.9 Å². The molecule has 0 unspecified atom stereocenters. The third-order valence-corrected chi connectivity index (χ3v) is 9.42. The second-order valence-electron chi connectivity index (χ2n) is 10.8. The first-order chi connectivity index (χ1) is 18.4. The van der Waals surface area contributed by atoms with Gasteiger partial charge in [0.05, 0.1) is 22.5 Å². The Balaban J connectivity index is 1.36. The summed E-state index contributed by atoms with van der Waals surface area (Å²) in [5, 5.41) is 7.35. The molecule has 0 aliphatic heterocycles. The molecular formula is C27H33F3N6O2S. The number of hydrogen-bond donors (Lipinski definition) is 2. The predicted molar refractivity (Wildman–Crippen MR) is 144 cm³/mol. The Bertz CT molecular complexity index is 1620. The van der Waals surface area contributed by atoms with Crippen LogP contribution in [0.15, 0.2) is 24.7 Å². The lowest BCUT2D eigenvalue weighted by molar-refractivity contribution is -0.0435. The van der Waals surface area contributed by atoms with Crippen molar-refractivity contribution in [1.82, 2.24) is 29.9 Å². The van der Waals surface area contributed by atoms with Crippen molar-refractivity contribution in [3.63, 3.8) is 0 Å². The largest absolute Gasteiger partial charge is 0.497 e.